The smallest absolute Gasteiger partial charge is 0.266 e. The van der Waals surface area contributed by atoms with Crippen molar-refractivity contribution >= 4 is 57.8 Å². The molecule has 35 heavy (non-hydrogen) atoms. The Balaban J connectivity index is 1.47. The minimum atomic E-state index is -0.0814. The molecule has 5 nitrogen and oxygen atoms in total. The van der Waals surface area contributed by atoms with Crippen molar-refractivity contribution in [3.05, 3.63) is 98.9 Å². The first-order chi connectivity index (χ1) is 17.0. The zero-order chi connectivity index (χ0) is 24.6. The Morgan fingerprint density at radius 3 is 2.51 bits per heavy atom. The molecule has 0 saturated carbocycles. The van der Waals surface area contributed by atoms with Gasteiger partial charge in [0.2, 0.25) is 0 Å². The van der Waals surface area contributed by atoms with Crippen LogP contribution in [0.1, 0.15) is 18.1 Å². The number of ether oxygens (including phenoxy) is 2. The van der Waals surface area contributed by atoms with Crippen LogP contribution < -0.4 is 4.74 Å². The van der Waals surface area contributed by atoms with Gasteiger partial charge < -0.3 is 9.47 Å². The van der Waals surface area contributed by atoms with E-state index in [0.717, 1.165) is 16.8 Å². The number of amides is 1. The third-order valence-electron chi connectivity index (χ3n) is 5.12. The molecule has 0 aliphatic carbocycles. The fraction of sp³-hybridized carbons (Fsp3) is 0.185. The van der Waals surface area contributed by atoms with Gasteiger partial charge in [-0.05, 0) is 66.7 Å². The number of amidine groups is 1. The molecule has 0 bridgehead atoms. The lowest BCUT2D eigenvalue weighted by molar-refractivity contribution is -0.122. The molecule has 1 fully saturated rings. The van der Waals surface area contributed by atoms with Gasteiger partial charge in [0.25, 0.3) is 5.91 Å². The lowest BCUT2D eigenvalue weighted by atomic mass is 10.2. The van der Waals surface area contributed by atoms with Crippen LogP contribution in [-0.2, 0) is 16.1 Å². The van der Waals surface area contributed by atoms with E-state index < -0.39 is 0 Å². The van der Waals surface area contributed by atoms with Crippen molar-refractivity contribution < 1.29 is 14.3 Å². The van der Waals surface area contributed by atoms with Gasteiger partial charge in [0.1, 0.15) is 12.4 Å². The number of rotatable bonds is 9. The molecule has 0 unspecified atom stereocenters. The van der Waals surface area contributed by atoms with E-state index in [2.05, 4.69) is 4.99 Å². The molecule has 1 amide bonds. The lowest BCUT2D eigenvalue weighted by Gasteiger charge is -2.15. The van der Waals surface area contributed by atoms with Crippen LogP contribution in [0.2, 0.25) is 10.0 Å². The summed E-state index contributed by atoms with van der Waals surface area (Å²) in [5.41, 5.74) is 2.55. The highest BCUT2D eigenvalue weighted by molar-refractivity contribution is 8.18. The zero-order valence-corrected chi connectivity index (χ0v) is 21.4. The topological polar surface area (TPSA) is 51.1 Å². The summed E-state index contributed by atoms with van der Waals surface area (Å²) < 4.78 is 11.3. The Kier molecular flexibility index (Phi) is 8.88. The minimum Gasteiger partial charge on any atom is -0.489 e. The Bertz CT molecular complexity index is 1230. The molecule has 1 aliphatic rings. The molecule has 8 heteroatoms. The maximum absolute atomic E-state index is 13.1. The fourth-order valence-corrected chi connectivity index (χ4v) is 4.80. The van der Waals surface area contributed by atoms with Crippen LogP contribution in [0.4, 0.5) is 5.69 Å². The van der Waals surface area contributed by atoms with Crippen LogP contribution >= 0.6 is 35.0 Å². The molecular formula is C27H24Cl2N2O3S. The monoisotopic (exact) mass is 526 g/mol. The maximum Gasteiger partial charge on any atom is 0.266 e. The van der Waals surface area contributed by atoms with Crippen LogP contribution in [0, 0.1) is 0 Å². The van der Waals surface area contributed by atoms with Crippen molar-refractivity contribution in [3.63, 3.8) is 0 Å². The molecule has 0 N–H and O–H groups in total. The van der Waals surface area contributed by atoms with E-state index >= 15 is 0 Å². The Labute approximate surface area is 219 Å². The summed E-state index contributed by atoms with van der Waals surface area (Å²) in [5, 5.41) is 1.80. The van der Waals surface area contributed by atoms with Gasteiger partial charge in [-0.25, -0.2) is 4.99 Å². The van der Waals surface area contributed by atoms with E-state index in [1.165, 1.54) is 11.8 Å². The standard InChI is InChI=1S/C27H24Cl2N2O3S/c1-2-33-15-14-31-26(32)25(35-27(31)30-22-6-4-3-5-7-22)16-19-8-12-23(13-9-19)34-18-20-10-11-21(28)17-24(20)29/h3-13,16-17H,2,14-15,18H2,1H3/b25-16-,30-27?. The molecule has 0 radical (unpaired) electrons. The van der Waals surface area contributed by atoms with Crippen molar-refractivity contribution in [1.82, 2.24) is 4.90 Å². The number of carbonyl (C=O) groups excluding carboxylic acids is 1. The van der Waals surface area contributed by atoms with Gasteiger partial charge in [0, 0.05) is 22.2 Å². The van der Waals surface area contributed by atoms with Crippen LogP contribution in [-0.4, -0.2) is 35.7 Å². The van der Waals surface area contributed by atoms with Crippen LogP contribution in [0.25, 0.3) is 6.08 Å². The van der Waals surface area contributed by atoms with Crippen molar-refractivity contribution in [3.8, 4) is 5.75 Å². The largest absolute Gasteiger partial charge is 0.489 e. The predicted octanol–water partition coefficient (Wildman–Crippen LogP) is 7.21. The Morgan fingerprint density at radius 1 is 1.03 bits per heavy atom. The number of hydrogen-bond acceptors (Lipinski definition) is 5. The van der Waals surface area contributed by atoms with Gasteiger partial charge in [-0.3, -0.25) is 9.69 Å². The summed E-state index contributed by atoms with van der Waals surface area (Å²) in [6.45, 7) is 3.76. The van der Waals surface area contributed by atoms with Gasteiger partial charge in [-0.15, -0.1) is 0 Å². The van der Waals surface area contributed by atoms with Gasteiger partial charge in [-0.1, -0.05) is 59.6 Å². The van der Waals surface area contributed by atoms with E-state index in [0.29, 0.717) is 52.2 Å². The molecule has 3 aromatic carbocycles. The summed E-state index contributed by atoms with van der Waals surface area (Å²) in [6.07, 6.45) is 1.87. The van der Waals surface area contributed by atoms with Gasteiger partial charge in [0.05, 0.1) is 23.7 Å². The second-order valence-electron chi connectivity index (χ2n) is 7.59. The number of nitrogens with zero attached hydrogens (tertiary/aromatic N) is 2. The molecular weight excluding hydrogens is 503 g/mol. The average molecular weight is 527 g/mol. The molecule has 0 aromatic heterocycles. The number of thioether (sulfide) groups is 1. The third kappa shape index (κ3) is 6.89. The molecule has 180 valence electrons. The molecule has 0 atom stereocenters. The SMILES string of the molecule is CCOCCN1C(=O)/C(=C/c2ccc(OCc3ccc(Cl)cc3Cl)cc2)SC1=Nc1ccccc1. The van der Waals surface area contributed by atoms with Crippen molar-refractivity contribution in [2.75, 3.05) is 19.8 Å². The van der Waals surface area contributed by atoms with E-state index in [1.807, 2.05) is 73.7 Å². The summed E-state index contributed by atoms with van der Waals surface area (Å²) >= 11 is 13.5. The minimum absolute atomic E-state index is 0.0814. The van der Waals surface area contributed by atoms with E-state index in [4.69, 9.17) is 32.7 Å². The van der Waals surface area contributed by atoms with Gasteiger partial charge >= 0.3 is 0 Å². The van der Waals surface area contributed by atoms with Crippen molar-refractivity contribution in [2.24, 2.45) is 4.99 Å². The second kappa shape index (κ2) is 12.3. The predicted molar refractivity (Wildman–Crippen MR) is 145 cm³/mol. The van der Waals surface area contributed by atoms with Gasteiger partial charge in [-0.2, -0.15) is 0 Å². The lowest BCUT2D eigenvalue weighted by Crippen LogP contribution is -2.32. The molecule has 3 aromatic rings. The first-order valence-corrected chi connectivity index (χ1v) is 12.7. The van der Waals surface area contributed by atoms with Crippen LogP contribution in [0.5, 0.6) is 5.75 Å². The number of benzene rings is 3. The molecule has 1 saturated heterocycles. The molecule has 1 heterocycles. The van der Waals surface area contributed by atoms with Crippen molar-refractivity contribution in [1.29, 1.82) is 0 Å². The van der Waals surface area contributed by atoms with E-state index in [-0.39, 0.29) is 5.91 Å². The third-order valence-corrected chi connectivity index (χ3v) is 6.71. The first-order valence-electron chi connectivity index (χ1n) is 11.1. The summed E-state index contributed by atoms with van der Waals surface area (Å²) in [4.78, 5) is 20.1. The highest BCUT2D eigenvalue weighted by atomic mass is 35.5. The zero-order valence-electron chi connectivity index (χ0n) is 19.1. The highest BCUT2D eigenvalue weighted by Gasteiger charge is 2.33. The summed E-state index contributed by atoms with van der Waals surface area (Å²) in [6, 6.07) is 22.5. The average Bonchev–Trinajstić information content (AvgIpc) is 3.14. The fourth-order valence-electron chi connectivity index (χ4n) is 3.31. The first kappa shape index (κ1) is 25.3. The van der Waals surface area contributed by atoms with E-state index in [9.17, 15) is 4.79 Å². The quantitative estimate of drug-likeness (QED) is 0.218. The Hall–Kier alpha value is -2.77. The molecule has 0 spiro atoms. The van der Waals surface area contributed by atoms with Gasteiger partial charge in [0.15, 0.2) is 5.17 Å². The number of halogens is 2. The molecule has 1 aliphatic heterocycles. The van der Waals surface area contributed by atoms with Crippen LogP contribution in [0.15, 0.2) is 82.7 Å². The molecule has 4 rings (SSSR count). The van der Waals surface area contributed by atoms with Crippen LogP contribution in [0.3, 0.4) is 0 Å². The highest BCUT2D eigenvalue weighted by Crippen LogP contribution is 2.34. The number of carbonyl (C=O) groups is 1. The normalized spacial score (nSPS) is 15.9. The second-order valence-corrected chi connectivity index (χ2v) is 9.44. The number of hydrogen-bond donors (Lipinski definition) is 0. The summed E-state index contributed by atoms with van der Waals surface area (Å²) in [5.74, 6) is 0.621. The van der Waals surface area contributed by atoms with Crippen molar-refractivity contribution in [2.45, 2.75) is 13.5 Å². The maximum atomic E-state index is 13.1. The number of aliphatic imine (C=N–C) groups is 1. The number of para-hydroxylation sites is 1. The summed E-state index contributed by atoms with van der Waals surface area (Å²) in [7, 11) is 0. The van der Waals surface area contributed by atoms with E-state index in [1.54, 1.807) is 17.0 Å². The Morgan fingerprint density at radius 2 is 1.80 bits per heavy atom.